The maximum Gasteiger partial charge on any atom is 0.248 e. The van der Waals surface area contributed by atoms with E-state index in [-0.39, 0.29) is 25.7 Å². The van der Waals surface area contributed by atoms with Crippen molar-refractivity contribution < 1.29 is 13.6 Å². The standard InChI is InChI=1S/C8H13F2NO/c1-7(6(11)12)2-4-8(9,10)5-3-7/h2-5H2,1H3,(H2,11,12). The fourth-order valence-electron chi connectivity index (χ4n) is 1.41. The van der Waals surface area contributed by atoms with Crippen molar-refractivity contribution in [2.75, 3.05) is 0 Å². The number of alkyl halides is 2. The van der Waals surface area contributed by atoms with E-state index in [0.717, 1.165) is 0 Å². The summed E-state index contributed by atoms with van der Waals surface area (Å²) in [5, 5.41) is 0. The number of nitrogens with two attached hydrogens (primary N) is 1. The minimum absolute atomic E-state index is 0.204. The third-order valence-electron chi connectivity index (χ3n) is 2.68. The van der Waals surface area contributed by atoms with Crippen molar-refractivity contribution in [3.05, 3.63) is 0 Å². The molecule has 4 heteroatoms. The number of hydrogen-bond acceptors (Lipinski definition) is 1. The molecule has 0 atom stereocenters. The molecule has 0 aromatic rings. The van der Waals surface area contributed by atoms with Gasteiger partial charge in [-0.05, 0) is 12.8 Å². The van der Waals surface area contributed by atoms with E-state index in [1.807, 2.05) is 0 Å². The van der Waals surface area contributed by atoms with E-state index < -0.39 is 17.2 Å². The molecule has 0 heterocycles. The van der Waals surface area contributed by atoms with E-state index >= 15 is 0 Å². The quantitative estimate of drug-likeness (QED) is 0.650. The van der Waals surface area contributed by atoms with Crippen molar-refractivity contribution in [3.63, 3.8) is 0 Å². The van der Waals surface area contributed by atoms with Gasteiger partial charge < -0.3 is 5.73 Å². The summed E-state index contributed by atoms with van der Waals surface area (Å²) in [5.74, 6) is -3.05. The largest absolute Gasteiger partial charge is 0.369 e. The van der Waals surface area contributed by atoms with Gasteiger partial charge in [-0.3, -0.25) is 4.79 Å². The Labute approximate surface area is 70.1 Å². The highest BCUT2D eigenvalue weighted by molar-refractivity contribution is 5.80. The maximum atomic E-state index is 12.7. The number of primary amides is 1. The molecule has 1 saturated carbocycles. The van der Waals surface area contributed by atoms with Crippen LogP contribution in [0.15, 0.2) is 0 Å². The molecule has 0 aliphatic heterocycles. The number of carbonyl (C=O) groups is 1. The average Bonchev–Trinajstić information content (AvgIpc) is 1.96. The zero-order valence-electron chi connectivity index (χ0n) is 7.07. The van der Waals surface area contributed by atoms with Gasteiger partial charge in [-0.1, -0.05) is 6.92 Å². The molecule has 0 aromatic carbocycles. The predicted molar refractivity (Wildman–Crippen MR) is 40.7 cm³/mol. The molecule has 0 spiro atoms. The summed E-state index contributed by atoms with van der Waals surface area (Å²) in [7, 11) is 0. The summed E-state index contributed by atoms with van der Waals surface area (Å²) in [6.45, 7) is 1.66. The molecule has 2 N–H and O–H groups in total. The lowest BCUT2D eigenvalue weighted by Crippen LogP contribution is -2.40. The van der Waals surface area contributed by atoms with Crippen molar-refractivity contribution in [2.24, 2.45) is 11.1 Å². The van der Waals surface area contributed by atoms with E-state index in [4.69, 9.17) is 5.73 Å². The smallest absolute Gasteiger partial charge is 0.248 e. The molecule has 1 fully saturated rings. The lowest BCUT2D eigenvalue weighted by Gasteiger charge is -2.34. The zero-order valence-corrected chi connectivity index (χ0v) is 7.07. The van der Waals surface area contributed by atoms with E-state index in [1.165, 1.54) is 0 Å². The summed E-state index contributed by atoms with van der Waals surface area (Å²) in [5.41, 5.74) is 4.40. The van der Waals surface area contributed by atoms with Crippen LogP contribution in [-0.2, 0) is 4.79 Å². The fourth-order valence-corrected chi connectivity index (χ4v) is 1.41. The van der Waals surface area contributed by atoms with Crippen LogP contribution in [0.3, 0.4) is 0 Å². The van der Waals surface area contributed by atoms with Crippen molar-refractivity contribution in [2.45, 2.75) is 38.5 Å². The Morgan fingerprint density at radius 1 is 1.25 bits per heavy atom. The van der Waals surface area contributed by atoms with Gasteiger partial charge in [-0.2, -0.15) is 0 Å². The number of carbonyl (C=O) groups excluding carboxylic acids is 1. The van der Waals surface area contributed by atoms with Crippen LogP contribution in [0.25, 0.3) is 0 Å². The van der Waals surface area contributed by atoms with Crippen LogP contribution in [-0.4, -0.2) is 11.8 Å². The van der Waals surface area contributed by atoms with Crippen LogP contribution >= 0.6 is 0 Å². The molecule has 70 valence electrons. The van der Waals surface area contributed by atoms with Crippen LogP contribution in [0.4, 0.5) is 8.78 Å². The van der Waals surface area contributed by atoms with Gasteiger partial charge in [0.2, 0.25) is 11.8 Å². The van der Waals surface area contributed by atoms with Gasteiger partial charge >= 0.3 is 0 Å². The second kappa shape index (κ2) is 2.68. The molecule has 1 amide bonds. The van der Waals surface area contributed by atoms with Gasteiger partial charge in [-0.25, -0.2) is 8.78 Å². The molecule has 12 heavy (non-hydrogen) atoms. The second-order valence-electron chi connectivity index (χ2n) is 3.78. The van der Waals surface area contributed by atoms with Crippen LogP contribution in [0.2, 0.25) is 0 Å². The van der Waals surface area contributed by atoms with E-state index in [1.54, 1.807) is 6.92 Å². The van der Waals surface area contributed by atoms with Crippen molar-refractivity contribution in [1.82, 2.24) is 0 Å². The lowest BCUT2D eigenvalue weighted by atomic mass is 9.74. The van der Waals surface area contributed by atoms with Gasteiger partial charge in [0.05, 0.1) is 0 Å². The maximum absolute atomic E-state index is 12.7. The van der Waals surface area contributed by atoms with Gasteiger partial charge in [-0.15, -0.1) is 0 Å². The average molecular weight is 177 g/mol. The fraction of sp³-hybridized carbons (Fsp3) is 0.875. The molecule has 2 nitrogen and oxygen atoms in total. The van der Waals surface area contributed by atoms with Gasteiger partial charge in [0.1, 0.15) is 0 Å². The highest BCUT2D eigenvalue weighted by Gasteiger charge is 2.43. The van der Waals surface area contributed by atoms with E-state index in [9.17, 15) is 13.6 Å². The topological polar surface area (TPSA) is 43.1 Å². The summed E-state index contributed by atoms with van der Waals surface area (Å²) < 4.78 is 25.3. The summed E-state index contributed by atoms with van der Waals surface area (Å²) >= 11 is 0. The normalized spacial score (nSPS) is 26.6. The molecular formula is C8H13F2NO. The lowest BCUT2D eigenvalue weighted by molar-refractivity contribution is -0.134. The number of hydrogen-bond donors (Lipinski definition) is 1. The van der Waals surface area contributed by atoms with E-state index in [2.05, 4.69) is 0 Å². The molecule has 0 aromatic heterocycles. The van der Waals surface area contributed by atoms with Gasteiger partial charge in [0.15, 0.2) is 0 Å². The summed E-state index contributed by atoms with van der Waals surface area (Å²) in [6.07, 6.45) is -0.0243. The van der Waals surface area contributed by atoms with Crippen molar-refractivity contribution in [3.8, 4) is 0 Å². The first-order chi connectivity index (χ1) is 5.36. The van der Waals surface area contributed by atoms with Gasteiger partial charge in [0, 0.05) is 18.3 Å². The third-order valence-corrected chi connectivity index (χ3v) is 2.68. The molecule has 0 radical (unpaired) electrons. The minimum atomic E-state index is -2.59. The SMILES string of the molecule is CC1(C(N)=O)CCC(F)(F)CC1. The molecule has 1 aliphatic carbocycles. The Morgan fingerprint density at radius 2 is 1.67 bits per heavy atom. The van der Waals surface area contributed by atoms with Crippen LogP contribution in [0, 0.1) is 5.41 Å². The van der Waals surface area contributed by atoms with E-state index in [0.29, 0.717) is 0 Å². The number of rotatable bonds is 1. The second-order valence-corrected chi connectivity index (χ2v) is 3.78. The molecule has 0 saturated heterocycles. The van der Waals surface area contributed by atoms with Crippen molar-refractivity contribution in [1.29, 1.82) is 0 Å². The molecule has 0 bridgehead atoms. The Hall–Kier alpha value is -0.670. The molecule has 1 aliphatic rings. The summed E-state index contributed by atoms with van der Waals surface area (Å²) in [4.78, 5) is 10.9. The zero-order chi connectivity index (χ0) is 9.41. The number of amides is 1. The van der Waals surface area contributed by atoms with Crippen molar-refractivity contribution >= 4 is 5.91 Å². The van der Waals surface area contributed by atoms with Crippen LogP contribution < -0.4 is 5.73 Å². The summed E-state index contributed by atoms with van der Waals surface area (Å²) in [6, 6.07) is 0. The first-order valence-corrected chi connectivity index (χ1v) is 4.03. The molecule has 1 rings (SSSR count). The highest BCUT2D eigenvalue weighted by atomic mass is 19.3. The van der Waals surface area contributed by atoms with Gasteiger partial charge in [0.25, 0.3) is 0 Å². The molecule has 0 unspecified atom stereocenters. The Balaban J connectivity index is 2.62. The first kappa shape index (κ1) is 9.42. The highest BCUT2D eigenvalue weighted by Crippen LogP contribution is 2.42. The molecular weight excluding hydrogens is 164 g/mol. The first-order valence-electron chi connectivity index (χ1n) is 4.03. The Bertz CT molecular complexity index is 193. The monoisotopic (exact) mass is 177 g/mol. The Morgan fingerprint density at radius 3 is 2.00 bits per heavy atom. The predicted octanol–water partition coefficient (Wildman–Crippen LogP) is 1.69. The Kier molecular flexibility index (Phi) is 2.10. The minimum Gasteiger partial charge on any atom is -0.369 e. The van der Waals surface area contributed by atoms with Crippen LogP contribution in [0.5, 0.6) is 0 Å². The third kappa shape index (κ3) is 1.73. The number of halogens is 2. The van der Waals surface area contributed by atoms with Crippen LogP contribution in [0.1, 0.15) is 32.6 Å².